The van der Waals surface area contributed by atoms with Crippen LogP contribution in [-0.2, 0) is 10.1 Å². The molecule has 0 aliphatic rings. The summed E-state index contributed by atoms with van der Waals surface area (Å²) in [4.78, 5) is 9.55. The van der Waals surface area contributed by atoms with Crippen LogP contribution >= 0.6 is 0 Å². The highest BCUT2D eigenvalue weighted by molar-refractivity contribution is 7.87. The van der Waals surface area contributed by atoms with E-state index >= 15 is 0 Å². The van der Waals surface area contributed by atoms with E-state index < -0.39 is 43.0 Å². The molecule has 0 N–H and O–H groups in total. The van der Waals surface area contributed by atoms with Gasteiger partial charge in [-0.05, 0) is 43.2 Å². The van der Waals surface area contributed by atoms with Gasteiger partial charge in [0.15, 0.2) is 16.5 Å². The van der Waals surface area contributed by atoms with Gasteiger partial charge in [0.25, 0.3) is 5.69 Å². The Kier molecular flexibility index (Phi) is 4.33. The third-order valence-corrected chi connectivity index (χ3v) is 4.42. The topological polar surface area (TPSA) is 86.5 Å². The third-order valence-electron chi connectivity index (χ3n) is 3.14. The van der Waals surface area contributed by atoms with E-state index in [2.05, 4.69) is 4.18 Å². The predicted octanol–water partition coefficient (Wildman–Crippen LogP) is 3.26. The number of hydrogen-bond acceptors (Lipinski definition) is 5. The van der Waals surface area contributed by atoms with Gasteiger partial charge in [0.1, 0.15) is 5.75 Å². The molecule has 0 aromatic heterocycles. The minimum absolute atomic E-state index is 0.489. The number of aryl methyl sites for hydroxylation is 2. The summed E-state index contributed by atoms with van der Waals surface area (Å²) < 4.78 is 55.1. The second-order valence-corrected chi connectivity index (χ2v) is 6.29. The summed E-state index contributed by atoms with van der Waals surface area (Å²) in [5.74, 6) is -2.96. The van der Waals surface area contributed by atoms with Crippen molar-refractivity contribution in [2.75, 3.05) is 0 Å². The van der Waals surface area contributed by atoms with Crippen molar-refractivity contribution in [3.05, 3.63) is 63.2 Å². The molecule has 0 unspecified atom stereocenters. The first-order chi connectivity index (χ1) is 10.6. The molecule has 0 bridgehead atoms. The zero-order chi connectivity index (χ0) is 17.4. The molecule has 0 atom stereocenters. The average Bonchev–Trinajstić information content (AvgIpc) is 2.44. The van der Waals surface area contributed by atoms with Crippen molar-refractivity contribution < 1.29 is 26.3 Å². The Balaban J connectivity index is 2.53. The van der Waals surface area contributed by atoms with E-state index in [0.717, 1.165) is 18.2 Å². The molecule has 122 valence electrons. The molecule has 6 nitrogen and oxygen atoms in total. The molecule has 0 heterocycles. The van der Waals surface area contributed by atoms with E-state index in [1.165, 1.54) is 0 Å². The number of nitro benzene ring substituents is 1. The highest BCUT2D eigenvalue weighted by Gasteiger charge is 2.29. The van der Waals surface area contributed by atoms with Crippen molar-refractivity contribution in [2.45, 2.75) is 18.7 Å². The third kappa shape index (κ3) is 3.45. The first kappa shape index (κ1) is 16.8. The van der Waals surface area contributed by atoms with Crippen LogP contribution in [0.5, 0.6) is 5.75 Å². The van der Waals surface area contributed by atoms with E-state index in [0.29, 0.717) is 23.3 Å². The van der Waals surface area contributed by atoms with Crippen LogP contribution < -0.4 is 4.18 Å². The van der Waals surface area contributed by atoms with Crippen LogP contribution in [0.25, 0.3) is 0 Å². The maximum atomic E-state index is 13.1. The Morgan fingerprint density at radius 2 is 1.65 bits per heavy atom. The molecule has 23 heavy (non-hydrogen) atoms. The van der Waals surface area contributed by atoms with Gasteiger partial charge in [-0.25, -0.2) is 8.78 Å². The lowest BCUT2D eigenvalue weighted by Crippen LogP contribution is -2.13. The molecular weight excluding hydrogens is 332 g/mol. The molecule has 0 radical (unpaired) electrons. The molecule has 2 rings (SSSR count). The van der Waals surface area contributed by atoms with Gasteiger partial charge in [-0.1, -0.05) is 0 Å². The molecule has 2 aromatic carbocycles. The Morgan fingerprint density at radius 1 is 1.04 bits per heavy atom. The smallest absolute Gasteiger partial charge is 0.346 e. The van der Waals surface area contributed by atoms with Crippen molar-refractivity contribution in [3.63, 3.8) is 0 Å². The van der Waals surface area contributed by atoms with Gasteiger partial charge < -0.3 is 4.18 Å². The maximum absolute atomic E-state index is 13.1. The number of hydrogen-bond donors (Lipinski definition) is 0. The van der Waals surface area contributed by atoms with Crippen LogP contribution in [0, 0.1) is 35.6 Å². The number of nitrogens with zero attached hydrogens (tertiary/aromatic N) is 1. The molecule has 9 heteroatoms. The van der Waals surface area contributed by atoms with E-state index in [4.69, 9.17) is 0 Å². The highest BCUT2D eigenvalue weighted by atomic mass is 32.2. The summed E-state index contributed by atoms with van der Waals surface area (Å²) in [5, 5.41) is 11.1. The van der Waals surface area contributed by atoms with E-state index in [-0.39, 0.29) is 0 Å². The molecule has 2 aromatic rings. The normalized spacial score (nSPS) is 11.3. The van der Waals surface area contributed by atoms with Crippen molar-refractivity contribution in [1.29, 1.82) is 0 Å². The van der Waals surface area contributed by atoms with Gasteiger partial charge in [-0.3, -0.25) is 10.1 Å². The molecule has 0 spiro atoms. The van der Waals surface area contributed by atoms with Crippen molar-refractivity contribution in [3.8, 4) is 5.75 Å². The monoisotopic (exact) mass is 343 g/mol. The zero-order valence-corrected chi connectivity index (χ0v) is 12.9. The largest absolute Gasteiger partial charge is 0.379 e. The quantitative estimate of drug-likeness (QED) is 0.483. The van der Waals surface area contributed by atoms with E-state index in [1.807, 2.05) is 0 Å². The Bertz CT molecular complexity index is 896. The Labute approximate surface area is 130 Å². The van der Waals surface area contributed by atoms with Gasteiger partial charge in [0, 0.05) is 12.1 Å². The lowest BCUT2D eigenvalue weighted by molar-refractivity contribution is -0.387. The minimum atomic E-state index is -4.59. The molecule has 0 fully saturated rings. The standard InChI is InChI=1S/C14H11F2NO5S/c1-8-5-13(17(18)19)14(6-9(8)2)23(20,21)22-10-3-4-11(15)12(16)7-10/h3-7H,1-2H3. The molecule has 0 aliphatic heterocycles. The lowest BCUT2D eigenvalue weighted by atomic mass is 10.1. The van der Waals surface area contributed by atoms with Crippen molar-refractivity contribution >= 4 is 15.8 Å². The Morgan fingerprint density at radius 3 is 2.22 bits per heavy atom. The predicted molar refractivity (Wildman–Crippen MR) is 76.7 cm³/mol. The van der Waals surface area contributed by atoms with Gasteiger partial charge in [0.2, 0.25) is 0 Å². The molecule has 0 amide bonds. The second kappa shape index (κ2) is 5.92. The molecule has 0 saturated heterocycles. The average molecular weight is 343 g/mol. The van der Waals surface area contributed by atoms with Crippen molar-refractivity contribution in [1.82, 2.24) is 0 Å². The van der Waals surface area contributed by atoms with Crippen LogP contribution in [0.4, 0.5) is 14.5 Å². The van der Waals surface area contributed by atoms with E-state index in [1.54, 1.807) is 13.8 Å². The summed E-state index contributed by atoms with van der Waals surface area (Å²) in [6, 6.07) is 4.34. The SMILES string of the molecule is Cc1cc([N+](=O)[O-])c(S(=O)(=O)Oc2ccc(F)c(F)c2)cc1C. The summed E-state index contributed by atoms with van der Waals surface area (Å²) >= 11 is 0. The maximum Gasteiger partial charge on any atom is 0.346 e. The summed E-state index contributed by atoms with van der Waals surface area (Å²) in [5.41, 5.74) is 0.377. The highest BCUT2D eigenvalue weighted by Crippen LogP contribution is 2.30. The first-order valence-electron chi connectivity index (χ1n) is 6.27. The van der Waals surface area contributed by atoms with E-state index in [9.17, 15) is 27.3 Å². The van der Waals surface area contributed by atoms with Gasteiger partial charge in [-0.2, -0.15) is 8.42 Å². The fourth-order valence-corrected chi connectivity index (χ4v) is 2.98. The number of rotatable bonds is 4. The van der Waals surface area contributed by atoms with Crippen LogP contribution in [-0.4, -0.2) is 13.3 Å². The van der Waals surface area contributed by atoms with Crippen LogP contribution in [0.15, 0.2) is 35.2 Å². The van der Waals surface area contributed by atoms with Gasteiger partial charge in [0.05, 0.1) is 4.92 Å². The fourth-order valence-electron chi connectivity index (χ4n) is 1.82. The van der Waals surface area contributed by atoms with Crippen LogP contribution in [0.2, 0.25) is 0 Å². The first-order valence-corrected chi connectivity index (χ1v) is 7.68. The lowest BCUT2D eigenvalue weighted by Gasteiger charge is -2.09. The summed E-state index contributed by atoms with van der Waals surface area (Å²) in [7, 11) is -4.59. The number of halogens is 2. The van der Waals surface area contributed by atoms with Crippen LogP contribution in [0.3, 0.4) is 0 Å². The summed E-state index contributed by atoms with van der Waals surface area (Å²) in [6.07, 6.45) is 0. The van der Waals surface area contributed by atoms with Crippen molar-refractivity contribution in [2.24, 2.45) is 0 Å². The Hall–Kier alpha value is -2.55. The molecule has 0 saturated carbocycles. The van der Waals surface area contributed by atoms with Gasteiger partial charge in [-0.15, -0.1) is 0 Å². The fraction of sp³-hybridized carbons (Fsp3) is 0.143. The second-order valence-electron chi connectivity index (χ2n) is 4.77. The number of nitro groups is 1. The zero-order valence-electron chi connectivity index (χ0n) is 12.0. The minimum Gasteiger partial charge on any atom is -0.379 e. The van der Waals surface area contributed by atoms with Crippen LogP contribution in [0.1, 0.15) is 11.1 Å². The number of benzene rings is 2. The molecule has 0 aliphatic carbocycles. The van der Waals surface area contributed by atoms with Gasteiger partial charge >= 0.3 is 10.1 Å². The molecular formula is C14H11F2NO5S. The summed E-state index contributed by atoms with van der Waals surface area (Å²) in [6.45, 7) is 3.17.